The van der Waals surface area contributed by atoms with E-state index >= 15 is 0 Å². The molecule has 1 aliphatic rings. The van der Waals surface area contributed by atoms with Crippen LogP contribution in [0.5, 0.6) is 5.75 Å². The van der Waals surface area contributed by atoms with Gasteiger partial charge in [-0.15, -0.1) is 0 Å². The standard InChI is InChI=1S/C24H34N2O5S2/c1-17(2)18-8-12-21(13-9-18)33(29,30)24-16-32(27,28)15-22(24)25-14-23(26(3)4)19-6-10-20(31-5)11-7-19/h6-13,17,22-25H,14-16H2,1-5H3/t22-,23?,24-/m0/s1. The molecular formula is C24H34N2O5S2. The van der Waals surface area contributed by atoms with E-state index < -0.39 is 31.0 Å². The summed E-state index contributed by atoms with van der Waals surface area (Å²) >= 11 is 0. The molecule has 1 fully saturated rings. The molecule has 9 heteroatoms. The molecular weight excluding hydrogens is 460 g/mol. The van der Waals surface area contributed by atoms with Gasteiger partial charge in [-0.3, -0.25) is 0 Å². The first-order valence-corrected chi connectivity index (χ1v) is 14.4. The van der Waals surface area contributed by atoms with E-state index in [1.807, 2.05) is 57.1 Å². The lowest BCUT2D eigenvalue weighted by atomic mass is 10.0. The van der Waals surface area contributed by atoms with Crippen molar-refractivity contribution in [2.24, 2.45) is 0 Å². The van der Waals surface area contributed by atoms with Crippen LogP contribution in [0, 0.1) is 0 Å². The van der Waals surface area contributed by atoms with Gasteiger partial charge in [0.2, 0.25) is 0 Å². The van der Waals surface area contributed by atoms with Crippen molar-refractivity contribution in [3.05, 3.63) is 59.7 Å². The highest BCUT2D eigenvalue weighted by Crippen LogP contribution is 2.28. The van der Waals surface area contributed by atoms with Crippen LogP contribution in [0.1, 0.15) is 36.9 Å². The van der Waals surface area contributed by atoms with Gasteiger partial charge in [-0.2, -0.15) is 0 Å². The molecule has 2 aromatic carbocycles. The monoisotopic (exact) mass is 494 g/mol. The molecule has 1 saturated heterocycles. The second-order valence-electron chi connectivity index (χ2n) is 9.15. The number of methoxy groups -OCH3 is 1. The van der Waals surface area contributed by atoms with Crippen molar-refractivity contribution < 1.29 is 21.6 Å². The van der Waals surface area contributed by atoms with Crippen molar-refractivity contribution in [3.63, 3.8) is 0 Å². The summed E-state index contributed by atoms with van der Waals surface area (Å²) in [6.45, 7) is 4.49. The van der Waals surface area contributed by atoms with E-state index in [-0.39, 0.29) is 28.4 Å². The second-order valence-corrected chi connectivity index (χ2v) is 13.5. The first-order valence-electron chi connectivity index (χ1n) is 11.0. The summed E-state index contributed by atoms with van der Waals surface area (Å²) in [7, 11) is -1.80. The quantitative estimate of drug-likeness (QED) is 0.573. The summed E-state index contributed by atoms with van der Waals surface area (Å²) in [5.74, 6) is 0.474. The van der Waals surface area contributed by atoms with Crippen molar-refractivity contribution >= 4 is 19.7 Å². The van der Waals surface area contributed by atoms with Crippen LogP contribution in [-0.2, 0) is 19.7 Å². The molecule has 1 aliphatic heterocycles. The van der Waals surface area contributed by atoms with E-state index in [2.05, 4.69) is 5.32 Å². The second kappa shape index (κ2) is 10.1. The molecule has 0 radical (unpaired) electrons. The molecule has 0 bridgehead atoms. The van der Waals surface area contributed by atoms with Crippen LogP contribution >= 0.6 is 0 Å². The number of nitrogens with one attached hydrogen (secondary N) is 1. The largest absolute Gasteiger partial charge is 0.497 e. The third kappa shape index (κ3) is 5.95. The molecule has 7 nitrogen and oxygen atoms in total. The molecule has 3 rings (SSSR count). The highest BCUT2D eigenvalue weighted by molar-refractivity contribution is 7.96. The summed E-state index contributed by atoms with van der Waals surface area (Å²) in [6.07, 6.45) is 0. The van der Waals surface area contributed by atoms with E-state index in [0.717, 1.165) is 16.9 Å². The predicted molar refractivity (Wildman–Crippen MR) is 131 cm³/mol. The number of sulfone groups is 2. The molecule has 0 aromatic heterocycles. The van der Waals surface area contributed by atoms with Crippen LogP contribution < -0.4 is 10.1 Å². The Morgan fingerprint density at radius 3 is 2.09 bits per heavy atom. The zero-order chi connectivity index (χ0) is 24.4. The third-order valence-electron chi connectivity index (χ3n) is 6.27. The lowest BCUT2D eigenvalue weighted by molar-refractivity contribution is 0.281. The van der Waals surface area contributed by atoms with Crippen LogP contribution in [0.4, 0.5) is 0 Å². The molecule has 0 saturated carbocycles. The average molecular weight is 495 g/mol. The maximum absolute atomic E-state index is 13.4. The summed E-state index contributed by atoms with van der Waals surface area (Å²) < 4.78 is 57.0. The summed E-state index contributed by atoms with van der Waals surface area (Å²) in [6, 6.07) is 13.7. The van der Waals surface area contributed by atoms with Gasteiger partial charge in [0.05, 0.1) is 28.8 Å². The number of hydrogen-bond acceptors (Lipinski definition) is 7. The Labute approximate surface area is 198 Å². The zero-order valence-corrected chi connectivity index (χ0v) is 21.5. The number of likely N-dealkylation sites (N-methyl/N-ethyl adjacent to an activating group) is 1. The van der Waals surface area contributed by atoms with Gasteiger partial charge in [-0.1, -0.05) is 38.1 Å². The van der Waals surface area contributed by atoms with E-state index in [1.54, 1.807) is 31.4 Å². The van der Waals surface area contributed by atoms with Gasteiger partial charge < -0.3 is 15.0 Å². The molecule has 2 aromatic rings. The lowest BCUT2D eigenvalue weighted by Gasteiger charge is -2.28. The summed E-state index contributed by atoms with van der Waals surface area (Å²) in [5, 5.41) is 2.25. The minimum atomic E-state index is -3.81. The Morgan fingerprint density at radius 2 is 1.58 bits per heavy atom. The summed E-state index contributed by atoms with van der Waals surface area (Å²) in [5.41, 5.74) is 2.06. The van der Waals surface area contributed by atoms with Crippen LogP contribution in [0.15, 0.2) is 53.4 Å². The van der Waals surface area contributed by atoms with Gasteiger partial charge in [0, 0.05) is 18.6 Å². The number of benzene rings is 2. The fourth-order valence-corrected chi connectivity index (χ4v) is 8.93. The summed E-state index contributed by atoms with van der Waals surface area (Å²) in [4.78, 5) is 2.19. The molecule has 3 atom stereocenters. The fourth-order valence-electron chi connectivity index (χ4n) is 4.22. The number of rotatable bonds is 9. The topological polar surface area (TPSA) is 92.8 Å². The maximum atomic E-state index is 13.4. The lowest BCUT2D eigenvalue weighted by Crippen LogP contribution is -2.46. The van der Waals surface area contributed by atoms with Crippen molar-refractivity contribution in [3.8, 4) is 5.75 Å². The minimum absolute atomic E-state index is 0.0621. The Hall–Kier alpha value is -1.94. The SMILES string of the molecule is COc1ccc(C(CN[C@H]2CS(=O)(=O)C[C@@H]2S(=O)(=O)c2ccc(C(C)C)cc2)N(C)C)cc1. The Morgan fingerprint density at radius 1 is 1.00 bits per heavy atom. The van der Waals surface area contributed by atoms with Crippen molar-refractivity contribution in [2.45, 2.75) is 42.0 Å². The van der Waals surface area contributed by atoms with Gasteiger partial charge in [0.15, 0.2) is 19.7 Å². The van der Waals surface area contributed by atoms with E-state index in [0.29, 0.717) is 6.54 Å². The van der Waals surface area contributed by atoms with Gasteiger partial charge in [0.25, 0.3) is 0 Å². The number of hydrogen-bond donors (Lipinski definition) is 1. The highest BCUT2D eigenvalue weighted by Gasteiger charge is 2.45. The number of nitrogens with zero attached hydrogens (tertiary/aromatic N) is 1. The minimum Gasteiger partial charge on any atom is -0.497 e. The molecule has 0 amide bonds. The first-order chi connectivity index (χ1) is 15.4. The average Bonchev–Trinajstić information content (AvgIpc) is 3.09. The highest BCUT2D eigenvalue weighted by atomic mass is 32.2. The first kappa shape index (κ1) is 25.7. The smallest absolute Gasteiger partial charge is 0.183 e. The van der Waals surface area contributed by atoms with Gasteiger partial charge in [0.1, 0.15) is 5.75 Å². The molecule has 0 aliphatic carbocycles. The van der Waals surface area contributed by atoms with E-state index in [1.165, 1.54) is 0 Å². The molecule has 33 heavy (non-hydrogen) atoms. The maximum Gasteiger partial charge on any atom is 0.183 e. The number of ether oxygens (including phenoxy) is 1. The normalized spacial score (nSPS) is 21.4. The van der Waals surface area contributed by atoms with Gasteiger partial charge in [-0.25, -0.2) is 16.8 Å². The molecule has 1 heterocycles. The fraction of sp³-hybridized carbons (Fsp3) is 0.500. The van der Waals surface area contributed by atoms with Gasteiger partial charge in [-0.05, 0) is 55.4 Å². The van der Waals surface area contributed by atoms with Crippen molar-refractivity contribution in [1.82, 2.24) is 10.2 Å². The third-order valence-corrected chi connectivity index (χ3v) is 10.4. The van der Waals surface area contributed by atoms with E-state index in [9.17, 15) is 16.8 Å². The zero-order valence-electron chi connectivity index (χ0n) is 19.9. The van der Waals surface area contributed by atoms with Crippen LogP contribution in [0.3, 0.4) is 0 Å². The predicted octanol–water partition coefficient (Wildman–Crippen LogP) is 2.65. The molecule has 1 N–H and O–H groups in total. The van der Waals surface area contributed by atoms with Crippen LogP contribution in [0.2, 0.25) is 0 Å². The molecule has 0 spiro atoms. The van der Waals surface area contributed by atoms with Crippen LogP contribution in [0.25, 0.3) is 0 Å². The molecule has 1 unspecified atom stereocenters. The van der Waals surface area contributed by atoms with Gasteiger partial charge >= 0.3 is 0 Å². The van der Waals surface area contributed by atoms with Crippen molar-refractivity contribution in [2.75, 3.05) is 39.3 Å². The molecule has 182 valence electrons. The Balaban J connectivity index is 1.82. The Kier molecular flexibility index (Phi) is 7.88. The Bertz CT molecular complexity index is 1140. The van der Waals surface area contributed by atoms with Crippen molar-refractivity contribution in [1.29, 1.82) is 0 Å². The van der Waals surface area contributed by atoms with E-state index in [4.69, 9.17) is 4.74 Å². The van der Waals surface area contributed by atoms with Crippen LogP contribution in [-0.4, -0.2) is 72.3 Å².